The van der Waals surface area contributed by atoms with Crippen LogP contribution in [0.2, 0.25) is 0 Å². The van der Waals surface area contributed by atoms with Crippen molar-refractivity contribution in [1.29, 1.82) is 0 Å². The number of morpholine rings is 1. The molecule has 1 atom stereocenters. The summed E-state index contributed by atoms with van der Waals surface area (Å²) < 4.78 is 31.3. The van der Waals surface area contributed by atoms with Gasteiger partial charge in [0.05, 0.1) is 29.7 Å². The Morgan fingerprint density at radius 1 is 1.43 bits per heavy atom. The van der Waals surface area contributed by atoms with Crippen LogP contribution in [-0.4, -0.2) is 50.8 Å². The molecule has 2 rings (SSSR count). The molecule has 1 heterocycles. The zero-order valence-corrected chi connectivity index (χ0v) is 13.0. The summed E-state index contributed by atoms with van der Waals surface area (Å²) in [6.45, 7) is 4.98. The molecule has 1 aromatic rings. The molecule has 0 spiro atoms. The third-order valence-corrected chi connectivity index (χ3v) is 4.62. The van der Waals surface area contributed by atoms with Crippen molar-refractivity contribution < 1.29 is 17.9 Å². The standard InChI is InChI=1S/C14H20N2O4S/c1-3-21(18,19)15-13-7-5-4-6-12(13)14(17)16-8-9-20-11(2)10-16/h4-7,11,15H,3,8-10H2,1-2H3. The van der Waals surface area contributed by atoms with Crippen molar-refractivity contribution >= 4 is 21.6 Å². The first-order valence-electron chi connectivity index (χ1n) is 6.93. The molecule has 1 unspecified atom stereocenters. The molecule has 0 bridgehead atoms. The predicted molar refractivity (Wildman–Crippen MR) is 80.8 cm³/mol. The van der Waals surface area contributed by atoms with Crippen molar-refractivity contribution in [3.63, 3.8) is 0 Å². The number of benzene rings is 1. The summed E-state index contributed by atoms with van der Waals surface area (Å²) in [6, 6.07) is 6.66. The third-order valence-electron chi connectivity index (χ3n) is 3.33. The zero-order chi connectivity index (χ0) is 15.5. The molecule has 1 amide bonds. The fourth-order valence-corrected chi connectivity index (χ4v) is 2.83. The smallest absolute Gasteiger partial charge is 0.256 e. The van der Waals surface area contributed by atoms with Gasteiger partial charge in [0.25, 0.3) is 5.91 Å². The second-order valence-corrected chi connectivity index (χ2v) is 6.99. The largest absolute Gasteiger partial charge is 0.375 e. The van der Waals surface area contributed by atoms with Gasteiger partial charge >= 0.3 is 0 Å². The third kappa shape index (κ3) is 3.95. The van der Waals surface area contributed by atoms with Gasteiger partial charge in [-0.05, 0) is 26.0 Å². The molecule has 0 aliphatic carbocycles. The molecule has 1 aliphatic heterocycles. The van der Waals surface area contributed by atoms with Crippen molar-refractivity contribution in [2.24, 2.45) is 0 Å². The van der Waals surface area contributed by atoms with Crippen LogP contribution in [-0.2, 0) is 14.8 Å². The fourth-order valence-electron chi connectivity index (χ4n) is 2.17. The minimum absolute atomic E-state index is 0.0119. The first kappa shape index (κ1) is 15.8. The maximum absolute atomic E-state index is 12.6. The molecule has 7 heteroatoms. The zero-order valence-electron chi connectivity index (χ0n) is 12.2. The van der Waals surface area contributed by atoms with Crippen LogP contribution in [0.15, 0.2) is 24.3 Å². The number of amides is 1. The summed E-state index contributed by atoms with van der Waals surface area (Å²) in [5, 5.41) is 0. The van der Waals surface area contributed by atoms with E-state index in [1.54, 1.807) is 36.1 Å². The Morgan fingerprint density at radius 3 is 2.81 bits per heavy atom. The van der Waals surface area contributed by atoms with Gasteiger partial charge < -0.3 is 9.64 Å². The second-order valence-electron chi connectivity index (χ2n) is 4.98. The lowest BCUT2D eigenvalue weighted by molar-refractivity contribution is -0.0123. The lowest BCUT2D eigenvalue weighted by atomic mass is 10.1. The van der Waals surface area contributed by atoms with Crippen molar-refractivity contribution in [3.8, 4) is 0 Å². The summed E-state index contributed by atoms with van der Waals surface area (Å²) in [7, 11) is -3.42. The van der Waals surface area contributed by atoms with Crippen LogP contribution in [0.1, 0.15) is 24.2 Å². The van der Waals surface area contributed by atoms with Gasteiger partial charge in [0.15, 0.2) is 0 Å². The Balaban J connectivity index is 2.25. The normalized spacial score (nSPS) is 19.3. The number of hydrogen-bond donors (Lipinski definition) is 1. The Bertz CT molecular complexity index is 615. The number of sulfonamides is 1. The first-order valence-corrected chi connectivity index (χ1v) is 8.58. The van der Waals surface area contributed by atoms with Crippen LogP contribution in [0, 0.1) is 0 Å². The number of rotatable bonds is 4. The van der Waals surface area contributed by atoms with E-state index in [0.29, 0.717) is 30.9 Å². The van der Waals surface area contributed by atoms with Gasteiger partial charge in [-0.1, -0.05) is 12.1 Å². The summed E-state index contributed by atoms with van der Waals surface area (Å²) in [5.41, 5.74) is 0.687. The summed E-state index contributed by atoms with van der Waals surface area (Å²) in [6.07, 6.45) is -0.0119. The van der Waals surface area contributed by atoms with Crippen LogP contribution in [0.3, 0.4) is 0 Å². The van der Waals surface area contributed by atoms with Gasteiger partial charge in [0.2, 0.25) is 10.0 Å². The highest BCUT2D eigenvalue weighted by atomic mass is 32.2. The maximum Gasteiger partial charge on any atom is 0.256 e. The van der Waals surface area contributed by atoms with Crippen molar-refractivity contribution in [3.05, 3.63) is 29.8 Å². The van der Waals surface area contributed by atoms with E-state index in [2.05, 4.69) is 4.72 Å². The Morgan fingerprint density at radius 2 is 2.14 bits per heavy atom. The number of nitrogens with zero attached hydrogens (tertiary/aromatic N) is 1. The van der Waals surface area contributed by atoms with Gasteiger partial charge in [-0.3, -0.25) is 9.52 Å². The molecule has 0 radical (unpaired) electrons. The summed E-state index contributed by atoms with van der Waals surface area (Å²) >= 11 is 0. The van der Waals surface area contributed by atoms with E-state index < -0.39 is 10.0 Å². The molecule has 1 N–H and O–H groups in total. The van der Waals surface area contributed by atoms with E-state index in [9.17, 15) is 13.2 Å². The highest BCUT2D eigenvalue weighted by molar-refractivity contribution is 7.92. The summed E-state index contributed by atoms with van der Waals surface area (Å²) in [5.74, 6) is -0.219. The SMILES string of the molecule is CCS(=O)(=O)Nc1ccccc1C(=O)N1CCOC(C)C1. The van der Waals surface area contributed by atoms with Crippen LogP contribution >= 0.6 is 0 Å². The molecular formula is C14H20N2O4S. The Labute approximate surface area is 125 Å². The second kappa shape index (κ2) is 6.44. The van der Waals surface area contributed by atoms with Crippen LogP contribution in [0.5, 0.6) is 0 Å². The van der Waals surface area contributed by atoms with Crippen molar-refractivity contribution in [2.45, 2.75) is 20.0 Å². The molecule has 6 nitrogen and oxygen atoms in total. The number of ether oxygens (including phenoxy) is 1. The molecule has 1 fully saturated rings. The summed E-state index contributed by atoms with van der Waals surface area (Å²) in [4.78, 5) is 14.3. The topological polar surface area (TPSA) is 75.7 Å². The number of carbonyl (C=O) groups excluding carboxylic acids is 1. The van der Waals surface area contributed by atoms with E-state index in [4.69, 9.17) is 4.74 Å². The van der Waals surface area contributed by atoms with Crippen LogP contribution in [0.25, 0.3) is 0 Å². The fraction of sp³-hybridized carbons (Fsp3) is 0.500. The van der Waals surface area contributed by atoms with Gasteiger partial charge in [-0.2, -0.15) is 0 Å². The lowest BCUT2D eigenvalue weighted by Gasteiger charge is -2.31. The van der Waals surface area contributed by atoms with E-state index in [1.807, 2.05) is 6.92 Å². The van der Waals surface area contributed by atoms with Gasteiger partial charge in [-0.25, -0.2) is 8.42 Å². The molecule has 1 aliphatic rings. The molecule has 0 aromatic heterocycles. The molecular weight excluding hydrogens is 292 g/mol. The van der Waals surface area contributed by atoms with Crippen molar-refractivity contribution in [2.75, 3.05) is 30.2 Å². The number of nitrogens with one attached hydrogen (secondary N) is 1. The van der Waals surface area contributed by atoms with E-state index >= 15 is 0 Å². The first-order chi connectivity index (χ1) is 9.93. The van der Waals surface area contributed by atoms with E-state index in [1.165, 1.54) is 0 Å². The molecule has 21 heavy (non-hydrogen) atoms. The van der Waals surface area contributed by atoms with Crippen LogP contribution < -0.4 is 4.72 Å². The highest BCUT2D eigenvalue weighted by Crippen LogP contribution is 2.20. The van der Waals surface area contributed by atoms with Gasteiger partial charge in [0.1, 0.15) is 0 Å². The van der Waals surface area contributed by atoms with E-state index in [0.717, 1.165) is 0 Å². The Hall–Kier alpha value is -1.60. The van der Waals surface area contributed by atoms with Crippen molar-refractivity contribution in [1.82, 2.24) is 4.90 Å². The average Bonchev–Trinajstić information content (AvgIpc) is 2.47. The lowest BCUT2D eigenvalue weighted by Crippen LogP contribution is -2.44. The molecule has 0 saturated carbocycles. The highest BCUT2D eigenvalue weighted by Gasteiger charge is 2.24. The van der Waals surface area contributed by atoms with Crippen LogP contribution in [0.4, 0.5) is 5.69 Å². The van der Waals surface area contributed by atoms with Gasteiger partial charge in [0, 0.05) is 13.1 Å². The molecule has 116 valence electrons. The Kier molecular flexibility index (Phi) is 4.84. The average molecular weight is 312 g/mol. The quantitative estimate of drug-likeness (QED) is 0.909. The molecule has 1 aromatic carbocycles. The number of para-hydroxylation sites is 1. The predicted octanol–water partition coefficient (Wildman–Crippen LogP) is 1.31. The number of hydrogen-bond acceptors (Lipinski definition) is 4. The monoisotopic (exact) mass is 312 g/mol. The maximum atomic E-state index is 12.6. The minimum Gasteiger partial charge on any atom is -0.375 e. The number of carbonyl (C=O) groups is 1. The number of anilines is 1. The minimum atomic E-state index is -3.42. The molecule has 1 saturated heterocycles. The van der Waals surface area contributed by atoms with Gasteiger partial charge in [-0.15, -0.1) is 0 Å². The van der Waals surface area contributed by atoms with E-state index in [-0.39, 0.29) is 17.8 Å².